The van der Waals surface area contributed by atoms with Crippen LogP contribution in [-0.2, 0) is 16.0 Å². The van der Waals surface area contributed by atoms with Crippen molar-refractivity contribution in [3.05, 3.63) is 15.6 Å². The molecule has 0 unspecified atom stereocenters. The highest BCUT2D eigenvalue weighted by Gasteiger charge is 2.66. The zero-order chi connectivity index (χ0) is 17.4. The average Bonchev–Trinajstić information content (AvgIpc) is 2.86. The number of carboxylic acids is 1. The molecule has 23 heavy (non-hydrogen) atoms. The van der Waals surface area contributed by atoms with E-state index in [0.717, 1.165) is 11.4 Å². The summed E-state index contributed by atoms with van der Waals surface area (Å²) in [5.41, 5.74) is -1.35. The molecule has 7 heteroatoms. The normalized spacial score (nSPS) is 25.7. The molecule has 1 amide bonds. The van der Waals surface area contributed by atoms with Gasteiger partial charge in [-0.2, -0.15) is 0 Å². The van der Waals surface area contributed by atoms with Gasteiger partial charge in [0.25, 0.3) is 5.91 Å². The van der Waals surface area contributed by atoms with Gasteiger partial charge in [-0.1, -0.05) is 20.8 Å². The summed E-state index contributed by atoms with van der Waals surface area (Å²) in [6.07, 6.45) is 0.839. The molecule has 6 nitrogen and oxygen atoms in total. The van der Waals surface area contributed by atoms with Crippen LogP contribution in [0.25, 0.3) is 0 Å². The van der Waals surface area contributed by atoms with Gasteiger partial charge in [0.15, 0.2) is 0 Å². The Kier molecular flexibility index (Phi) is 4.82. The van der Waals surface area contributed by atoms with Crippen LogP contribution in [0.2, 0.25) is 0 Å². The van der Waals surface area contributed by atoms with E-state index in [1.165, 1.54) is 11.3 Å². The second kappa shape index (κ2) is 6.20. The molecule has 1 aliphatic rings. The van der Waals surface area contributed by atoms with E-state index < -0.39 is 16.9 Å². The molecule has 0 radical (unpaired) electrons. The summed E-state index contributed by atoms with van der Waals surface area (Å²) in [6, 6.07) is 0. The summed E-state index contributed by atoms with van der Waals surface area (Å²) in [4.78, 5) is 29.3. The largest absolute Gasteiger partial charge is 0.479 e. The van der Waals surface area contributed by atoms with Crippen LogP contribution in [0.3, 0.4) is 0 Å². The van der Waals surface area contributed by atoms with Gasteiger partial charge in [-0.15, -0.1) is 11.3 Å². The lowest BCUT2D eigenvalue weighted by atomic mass is 9.54. The van der Waals surface area contributed by atoms with Gasteiger partial charge in [0, 0.05) is 18.4 Å². The number of carbonyl (C=O) groups is 2. The molecule has 1 aromatic heterocycles. The second-order valence-electron chi connectivity index (χ2n) is 6.41. The fraction of sp³-hybridized carbons (Fsp3) is 0.688. The third kappa shape index (κ3) is 2.76. The van der Waals surface area contributed by atoms with E-state index >= 15 is 0 Å². The third-order valence-electron chi connectivity index (χ3n) is 4.81. The molecular formula is C16H24N2O4S. The van der Waals surface area contributed by atoms with E-state index in [-0.39, 0.29) is 18.4 Å². The predicted octanol–water partition coefficient (Wildman–Crippen LogP) is 2.40. The van der Waals surface area contributed by atoms with Crippen molar-refractivity contribution in [2.24, 2.45) is 5.41 Å². The SMILES string of the molecule is CCO[C@@H]1C[C@@](NC(=O)c2sc(CC)nc2C)(C(=O)O)C1(C)C. The fourth-order valence-electron chi connectivity index (χ4n) is 3.10. The lowest BCUT2D eigenvalue weighted by molar-refractivity contribution is -0.190. The van der Waals surface area contributed by atoms with E-state index in [1.54, 1.807) is 6.92 Å². The van der Waals surface area contributed by atoms with Crippen molar-refractivity contribution < 1.29 is 19.4 Å². The molecule has 1 heterocycles. The van der Waals surface area contributed by atoms with Crippen LogP contribution in [-0.4, -0.2) is 40.2 Å². The van der Waals surface area contributed by atoms with E-state index in [9.17, 15) is 14.7 Å². The van der Waals surface area contributed by atoms with Crippen LogP contribution >= 0.6 is 11.3 Å². The maximum absolute atomic E-state index is 12.6. The quantitative estimate of drug-likeness (QED) is 0.830. The molecule has 2 N–H and O–H groups in total. The Morgan fingerprint density at radius 1 is 1.43 bits per heavy atom. The highest BCUT2D eigenvalue weighted by atomic mass is 32.1. The Balaban J connectivity index is 2.26. The molecule has 2 atom stereocenters. The molecule has 1 aliphatic carbocycles. The molecule has 1 saturated carbocycles. The van der Waals surface area contributed by atoms with Gasteiger partial charge in [0.1, 0.15) is 10.4 Å². The number of aryl methyl sites for hydroxylation is 2. The predicted molar refractivity (Wildman–Crippen MR) is 87.9 cm³/mol. The van der Waals surface area contributed by atoms with Crippen LogP contribution in [0.4, 0.5) is 0 Å². The number of aliphatic carboxylic acids is 1. The van der Waals surface area contributed by atoms with Gasteiger partial charge < -0.3 is 15.2 Å². The smallest absolute Gasteiger partial charge is 0.330 e. The minimum Gasteiger partial charge on any atom is -0.479 e. The first-order valence-electron chi connectivity index (χ1n) is 7.83. The lowest BCUT2D eigenvalue weighted by Gasteiger charge is -2.58. The number of amides is 1. The van der Waals surface area contributed by atoms with Crippen molar-refractivity contribution in [2.75, 3.05) is 6.61 Å². The number of nitrogens with one attached hydrogen (secondary N) is 1. The summed E-state index contributed by atoms with van der Waals surface area (Å²) in [5, 5.41) is 13.4. The summed E-state index contributed by atoms with van der Waals surface area (Å²) in [5.74, 6) is -1.39. The van der Waals surface area contributed by atoms with Crippen LogP contribution in [0, 0.1) is 12.3 Å². The van der Waals surface area contributed by atoms with Crippen molar-refractivity contribution in [1.29, 1.82) is 0 Å². The van der Waals surface area contributed by atoms with E-state index in [1.807, 2.05) is 27.7 Å². The monoisotopic (exact) mass is 340 g/mol. The first kappa shape index (κ1) is 17.9. The van der Waals surface area contributed by atoms with E-state index in [0.29, 0.717) is 17.2 Å². The number of aromatic nitrogens is 1. The summed E-state index contributed by atoms with van der Waals surface area (Å²) in [6.45, 7) is 9.78. The van der Waals surface area contributed by atoms with Crippen LogP contribution in [0.15, 0.2) is 0 Å². The van der Waals surface area contributed by atoms with Crippen LogP contribution in [0.1, 0.15) is 54.5 Å². The maximum Gasteiger partial charge on any atom is 0.330 e. The summed E-state index contributed by atoms with van der Waals surface area (Å²) < 4.78 is 5.61. The van der Waals surface area contributed by atoms with Gasteiger partial charge in [-0.05, 0) is 20.3 Å². The fourth-order valence-corrected chi connectivity index (χ4v) is 4.00. The average molecular weight is 340 g/mol. The first-order chi connectivity index (χ1) is 10.7. The molecule has 2 rings (SSSR count). The number of carboxylic acid groups (broad SMARTS) is 1. The zero-order valence-corrected chi connectivity index (χ0v) is 15.0. The molecule has 0 saturated heterocycles. The van der Waals surface area contributed by atoms with Gasteiger partial charge >= 0.3 is 5.97 Å². The van der Waals surface area contributed by atoms with Gasteiger partial charge in [0.05, 0.1) is 16.8 Å². The van der Waals surface area contributed by atoms with Crippen LogP contribution < -0.4 is 5.32 Å². The number of rotatable bonds is 6. The van der Waals surface area contributed by atoms with Crippen LogP contribution in [0.5, 0.6) is 0 Å². The number of hydrogen-bond donors (Lipinski definition) is 2. The molecular weight excluding hydrogens is 316 g/mol. The highest BCUT2D eigenvalue weighted by molar-refractivity contribution is 7.13. The summed E-state index contributed by atoms with van der Waals surface area (Å²) in [7, 11) is 0. The molecule has 0 aromatic carbocycles. The maximum atomic E-state index is 12.6. The molecule has 0 spiro atoms. The van der Waals surface area contributed by atoms with Gasteiger partial charge in [-0.3, -0.25) is 4.79 Å². The molecule has 1 fully saturated rings. The first-order valence-corrected chi connectivity index (χ1v) is 8.65. The summed E-state index contributed by atoms with van der Waals surface area (Å²) >= 11 is 1.32. The second-order valence-corrected chi connectivity index (χ2v) is 7.49. The minimum absolute atomic E-state index is 0.183. The Morgan fingerprint density at radius 2 is 2.09 bits per heavy atom. The van der Waals surface area contributed by atoms with Crippen molar-refractivity contribution >= 4 is 23.2 Å². The standard InChI is InChI=1S/C16H24N2O4S/c1-6-11-17-9(3)12(23-11)13(19)18-16(14(20)21)8-10(22-7-2)15(16,4)5/h10H,6-8H2,1-5H3,(H,18,19)(H,20,21)/t10-,16-/m1/s1. The van der Waals surface area contributed by atoms with Gasteiger partial charge in [0.2, 0.25) is 0 Å². The van der Waals surface area contributed by atoms with Crippen molar-refractivity contribution in [1.82, 2.24) is 10.3 Å². The number of hydrogen-bond acceptors (Lipinski definition) is 5. The Morgan fingerprint density at radius 3 is 2.52 bits per heavy atom. The van der Waals surface area contributed by atoms with E-state index in [4.69, 9.17) is 4.74 Å². The number of nitrogens with zero attached hydrogens (tertiary/aromatic N) is 1. The molecule has 0 bridgehead atoms. The van der Waals surface area contributed by atoms with Gasteiger partial charge in [-0.25, -0.2) is 9.78 Å². The van der Waals surface area contributed by atoms with Crippen molar-refractivity contribution in [3.8, 4) is 0 Å². The molecule has 0 aliphatic heterocycles. The van der Waals surface area contributed by atoms with E-state index in [2.05, 4.69) is 10.3 Å². The van der Waals surface area contributed by atoms with Crippen molar-refractivity contribution in [3.63, 3.8) is 0 Å². The Bertz CT molecular complexity index is 626. The minimum atomic E-state index is -1.31. The highest BCUT2D eigenvalue weighted by Crippen LogP contribution is 2.51. The Labute approximate surface area is 140 Å². The number of thiazole rings is 1. The topological polar surface area (TPSA) is 88.5 Å². The Hall–Kier alpha value is -1.47. The van der Waals surface area contributed by atoms with Crippen molar-refractivity contribution in [2.45, 2.75) is 59.1 Å². The zero-order valence-electron chi connectivity index (χ0n) is 14.2. The molecule has 1 aromatic rings. The third-order valence-corrected chi connectivity index (χ3v) is 6.11. The number of ether oxygens (including phenoxy) is 1. The lowest BCUT2D eigenvalue weighted by Crippen LogP contribution is -2.76. The molecule has 128 valence electrons. The number of carbonyl (C=O) groups excluding carboxylic acids is 1.